The lowest BCUT2D eigenvalue weighted by atomic mass is 10.1. The Morgan fingerprint density at radius 2 is 2.25 bits per heavy atom. The summed E-state index contributed by atoms with van der Waals surface area (Å²) in [5.41, 5.74) is 1.33. The molecule has 1 aromatic carbocycles. The molecule has 0 saturated heterocycles. The monoisotopic (exact) mass is 215 g/mol. The first-order valence-corrected chi connectivity index (χ1v) is 4.73. The van der Waals surface area contributed by atoms with Crippen LogP contribution in [0.5, 0.6) is 0 Å². The highest BCUT2D eigenvalue weighted by atomic mass is 16.5. The molecule has 0 aliphatic heterocycles. The van der Waals surface area contributed by atoms with Gasteiger partial charge in [-0.2, -0.15) is 5.26 Å². The summed E-state index contributed by atoms with van der Waals surface area (Å²) >= 11 is 0. The summed E-state index contributed by atoms with van der Waals surface area (Å²) in [4.78, 5) is 11.3. The van der Waals surface area contributed by atoms with Gasteiger partial charge in [-0.15, -0.1) is 0 Å². The molecule has 0 atom stereocenters. The summed E-state index contributed by atoms with van der Waals surface area (Å²) < 4.78 is 5.90. The highest BCUT2D eigenvalue weighted by molar-refractivity contribution is 5.37. The number of hydrogen-bond acceptors (Lipinski definition) is 4. The number of aryl methyl sites for hydroxylation is 1. The molecule has 16 heavy (non-hydrogen) atoms. The van der Waals surface area contributed by atoms with E-state index >= 15 is 0 Å². The van der Waals surface area contributed by atoms with Crippen molar-refractivity contribution in [3.63, 3.8) is 0 Å². The Labute approximate surface area is 91.5 Å². The lowest BCUT2D eigenvalue weighted by molar-refractivity contribution is 0.375. The number of benzene rings is 1. The molecule has 2 rings (SSSR count). The van der Waals surface area contributed by atoms with Crippen LogP contribution in [0.25, 0.3) is 0 Å². The number of hydrogen-bond donors (Lipinski definition) is 0. The summed E-state index contributed by atoms with van der Waals surface area (Å²) in [6, 6.07) is 9.20. The first-order chi connectivity index (χ1) is 7.72. The Hall–Kier alpha value is -2.35. The summed E-state index contributed by atoms with van der Waals surface area (Å²) in [7, 11) is 0. The predicted molar refractivity (Wildman–Crippen MR) is 55.8 cm³/mol. The van der Waals surface area contributed by atoms with E-state index in [2.05, 4.69) is 15.7 Å². The molecule has 0 radical (unpaired) electrons. The molecular weight excluding hydrogens is 206 g/mol. The lowest BCUT2D eigenvalue weighted by Gasteiger charge is -2.03. The number of rotatable bonds is 2. The van der Waals surface area contributed by atoms with Crippen LogP contribution < -0.4 is 5.76 Å². The SMILES string of the molecule is Cc1noc(=O)n1Cc1ccccc1C#N. The Bertz CT molecular complexity index is 604. The Kier molecular flexibility index (Phi) is 2.56. The highest BCUT2D eigenvalue weighted by Crippen LogP contribution is 2.09. The maximum atomic E-state index is 11.3. The zero-order valence-electron chi connectivity index (χ0n) is 8.67. The second-order valence-corrected chi connectivity index (χ2v) is 3.35. The van der Waals surface area contributed by atoms with Gasteiger partial charge in [-0.1, -0.05) is 23.4 Å². The molecule has 1 aromatic heterocycles. The third kappa shape index (κ3) is 1.73. The van der Waals surface area contributed by atoms with Gasteiger partial charge in [0, 0.05) is 0 Å². The topological polar surface area (TPSA) is 71.8 Å². The molecular formula is C11H9N3O2. The second-order valence-electron chi connectivity index (χ2n) is 3.35. The van der Waals surface area contributed by atoms with Crippen LogP contribution in [0.2, 0.25) is 0 Å². The van der Waals surface area contributed by atoms with Crippen molar-refractivity contribution in [3.05, 3.63) is 51.8 Å². The molecule has 0 saturated carbocycles. The standard InChI is InChI=1S/C11H9N3O2/c1-8-13-16-11(15)14(8)7-10-5-3-2-4-9(10)6-12/h2-5H,7H2,1H3. The number of nitrogens with zero attached hydrogens (tertiary/aromatic N) is 3. The Morgan fingerprint density at radius 1 is 1.50 bits per heavy atom. The van der Waals surface area contributed by atoms with Crippen LogP contribution in [-0.2, 0) is 6.54 Å². The quantitative estimate of drug-likeness (QED) is 0.751. The summed E-state index contributed by atoms with van der Waals surface area (Å²) in [5.74, 6) is -0.0111. The van der Waals surface area contributed by atoms with Crippen molar-refractivity contribution in [3.8, 4) is 6.07 Å². The average molecular weight is 215 g/mol. The number of nitriles is 1. The molecule has 80 valence electrons. The van der Waals surface area contributed by atoms with Crippen molar-refractivity contribution in [1.82, 2.24) is 9.72 Å². The van der Waals surface area contributed by atoms with E-state index in [9.17, 15) is 4.79 Å². The smallest absolute Gasteiger partial charge is 0.296 e. The first-order valence-electron chi connectivity index (χ1n) is 4.73. The van der Waals surface area contributed by atoms with Gasteiger partial charge in [-0.3, -0.25) is 9.09 Å². The Balaban J connectivity index is 2.42. The van der Waals surface area contributed by atoms with E-state index in [1.54, 1.807) is 25.1 Å². The Morgan fingerprint density at radius 3 is 2.88 bits per heavy atom. The van der Waals surface area contributed by atoms with Gasteiger partial charge in [-0.25, -0.2) is 4.79 Å². The second kappa shape index (κ2) is 4.03. The highest BCUT2D eigenvalue weighted by Gasteiger charge is 2.08. The normalized spacial score (nSPS) is 10.0. The fraction of sp³-hybridized carbons (Fsp3) is 0.182. The third-order valence-electron chi connectivity index (χ3n) is 2.33. The predicted octanol–water partition coefficient (Wildman–Crippen LogP) is 1.06. The molecule has 1 heterocycles. The van der Waals surface area contributed by atoms with E-state index in [0.29, 0.717) is 17.9 Å². The van der Waals surface area contributed by atoms with Gasteiger partial charge in [0.15, 0.2) is 5.82 Å². The van der Waals surface area contributed by atoms with Crippen LogP contribution in [-0.4, -0.2) is 9.72 Å². The van der Waals surface area contributed by atoms with Gasteiger partial charge in [-0.05, 0) is 18.6 Å². The molecule has 5 heteroatoms. The molecule has 5 nitrogen and oxygen atoms in total. The van der Waals surface area contributed by atoms with Gasteiger partial charge in [0.1, 0.15) is 0 Å². The molecule has 0 aliphatic rings. The van der Waals surface area contributed by atoms with E-state index in [1.165, 1.54) is 4.57 Å². The van der Waals surface area contributed by atoms with E-state index < -0.39 is 5.76 Å². The minimum atomic E-state index is -0.509. The third-order valence-corrected chi connectivity index (χ3v) is 2.33. The molecule has 0 bridgehead atoms. The van der Waals surface area contributed by atoms with E-state index in [1.807, 2.05) is 6.07 Å². The minimum absolute atomic E-state index is 0.303. The zero-order valence-corrected chi connectivity index (χ0v) is 8.67. The largest absolute Gasteiger partial charge is 0.441 e. The molecule has 0 unspecified atom stereocenters. The van der Waals surface area contributed by atoms with Crippen molar-refractivity contribution in [2.45, 2.75) is 13.5 Å². The van der Waals surface area contributed by atoms with Crippen LogP contribution in [0.4, 0.5) is 0 Å². The van der Waals surface area contributed by atoms with Gasteiger partial charge >= 0.3 is 5.76 Å². The molecule has 0 amide bonds. The van der Waals surface area contributed by atoms with Crippen LogP contribution in [0.15, 0.2) is 33.6 Å². The lowest BCUT2D eigenvalue weighted by Crippen LogP contribution is -2.17. The van der Waals surface area contributed by atoms with Gasteiger partial charge in [0.05, 0.1) is 18.2 Å². The first kappa shape index (κ1) is 10.2. The number of aromatic nitrogens is 2. The van der Waals surface area contributed by atoms with Gasteiger partial charge in [0.25, 0.3) is 0 Å². The fourth-order valence-corrected chi connectivity index (χ4v) is 1.45. The van der Waals surface area contributed by atoms with Crippen LogP contribution >= 0.6 is 0 Å². The van der Waals surface area contributed by atoms with E-state index in [-0.39, 0.29) is 0 Å². The molecule has 0 N–H and O–H groups in total. The summed E-state index contributed by atoms with van der Waals surface area (Å²) in [6.07, 6.45) is 0. The fourth-order valence-electron chi connectivity index (χ4n) is 1.45. The minimum Gasteiger partial charge on any atom is -0.296 e. The van der Waals surface area contributed by atoms with Crippen molar-refractivity contribution < 1.29 is 4.52 Å². The van der Waals surface area contributed by atoms with Gasteiger partial charge in [0.2, 0.25) is 0 Å². The molecule has 0 spiro atoms. The van der Waals surface area contributed by atoms with Crippen molar-refractivity contribution in [2.75, 3.05) is 0 Å². The van der Waals surface area contributed by atoms with Crippen LogP contribution in [0, 0.1) is 18.3 Å². The van der Waals surface area contributed by atoms with Crippen LogP contribution in [0.3, 0.4) is 0 Å². The van der Waals surface area contributed by atoms with E-state index in [4.69, 9.17) is 5.26 Å². The molecule has 0 aliphatic carbocycles. The maximum Gasteiger partial charge on any atom is 0.441 e. The molecule has 2 aromatic rings. The van der Waals surface area contributed by atoms with Crippen molar-refractivity contribution in [1.29, 1.82) is 5.26 Å². The molecule has 0 fully saturated rings. The van der Waals surface area contributed by atoms with Crippen molar-refractivity contribution >= 4 is 0 Å². The zero-order chi connectivity index (χ0) is 11.5. The summed E-state index contributed by atoms with van der Waals surface area (Å²) in [5, 5.41) is 12.5. The van der Waals surface area contributed by atoms with Crippen LogP contribution in [0.1, 0.15) is 17.0 Å². The van der Waals surface area contributed by atoms with Gasteiger partial charge < -0.3 is 0 Å². The summed E-state index contributed by atoms with van der Waals surface area (Å²) in [6.45, 7) is 1.98. The van der Waals surface area contributed by atoms with Crippen molar-refractivity contribution in [2.24, 2.45) is 0 Å². The van der Waals surface area contributed by atoms with E-state index in [0.717, 1.165) is 5.56 Å². The average Bonchev–Trinajstić information content (AvgIpc) is 2.61. The maximum absolute atomic E-state index is 11.3.